The summed E-state index contributed by atoms with van der Waals surface area (Å²) < 4.78 is 6.30. The lowest BCUT2D eigenvalue weighted by molar-refractivity contribution is -0.386. The first-order valence-electron chi connectivity index (χ1n) is 5.45. The second-order valence-electron chi connectivity index (χ2n) is 3.70. The van der Waals surface area contributed by atoms with E-state index in [9.17, 15) is 10.1 Å². The molecule has 0 saturated heterocycles. The molecule has 1 aromatic heterocycles. The van der Waals surface area contributed by atoms with Crippen LogP contribution >= 0.6 is 15.9 Å². The van der Waals surface area contributed by atoms with Crippen LogP contribution in [0.2, 0.25) is 0 Å². The van der Waals surface area contributed by atoms with Crippen LogP contribution < -0.4 is 16.0 Å². The molecule has 1 aromatic carbocycles. The van der Waals surface area contributed by atoms with Crippen molar-refractivity contribution in [1.29, 1.82) is 0 Å². The van der Waals surface area contributed by atoms with Gasteiger partial charge in [0.2, 0.25) is 5.95 Å². The molecule has 9 heteroatoms. The predicted octanol–water partition coefficient (Wildman–Crippen LogP) is 2.01. The summed E-state index contributed by atoms with van der Waals surface area (Å²) in [5, 5.41) is 10.9. The van der Waals surface area contributed by atoms with E-state index in [1.54, 1.807) is 0 Å². The lowest BCUT2D eigenvalue weighted by Crippen LogP contribution is -2.12. The number of benzene rings is 1. The van der Waals surface area contributed by atoms with Gasteiger partial charge in [0.25, 0.3) is 5.88 Å². The largest absolute Gasteiger partial charge is 0.468 e. The molecule has 104 valence electrons. The van der Waals surface area contributed by atoms with Crippen molar-refractivity contribution >= 4 is 27.6 Å². The molecule has 0 aliphatic rings. The molecule has 3 N–H and O–H groups in total. The van der Waals surface area contributed by atoms with Gasteiger partial charge in [0.05, 0.1) is 4.92 Å². The first-order chi connectivity index (χ1) is 9.60. The number of halogens is 1. The third-order valence-corrected chi connectivity index (χ3v) is 2.88. The van der Waals surface area contributed by atoms with Crippen LogP contribution in [0.25, 0.3) is 0 Å². The van der Waals surface area contributed by atoms with Gasteiger partial charge >= 0.3 is 5.69 Å². The van der Waals surface area contributed by atoms with E-state index in [-0.39, 0.29) is 24.1 Å². The summed E-state index contributed by atoms with van der Waals surface area (Å²) in [5.41, 5.74) is 2.74. The number of nitrogen functional groups attached to an aromatic ring is 1. The minimum absolute atomic E-state index is 0.0430. The normalized spacial score (nSPS) is 10.1. The predicted molar refractivity (Wildman–Crippen MR) is 75.0 cm³/mol. The Balaban J connectivity index is 2.18. The summed E-state index contributed by atoms with van der Waals surface area (Å²) in [5.74, 6) is 5.07. The van der Waals surface area contributed by atoms with E-state index in [4.69, 9.17) is 10.6 Å². The maximum Gasteiger partial charge on any atom is 0.349 e. The topological polar surface area (TPSA) is 116 Å². The summed E-state index contributed by atoms with van der Waals surface area (Å²) in [4.78, 5) is 17.7. The molecular weight excluding hydrogens is 330 g/mol. The van der Waals surface area contributed by atoms with Crippen molar-refractivity contribution in [2.75, 3.05) is 5.43 Å². The molecule has 20 heavy (non-hydrogen) atoms. The van der Waals surface area contributed by atoms with E-state index in [2.05, 4.69) is 31.3 Å². The van der Waals surface area contributed by atoms with Crippen LogP contribution in [0.5, 0.6) is 5.88 Å². The van der Waals surface area contributed by atoms with Gasteiger partial charge in [-0.2, -0.15) is 4.98 Å². The van der Waals surface area contributed by atoms with Gasteiger partial charge in [-0.1, -0.05) is 28.1 Å². The molecule has 0 fully saturated rings. The fourth-order valence-electron chi connectivity index (χ4n) is 1.39. The highest BCUT2D eigenvalue weighted by atomic mass is 79.9. The third kappa shape index (κ3) is 3.39. The van der Waals surface area contributed by atoms with Crippen molar-refractivity contribution in [2.24, 2.45) is 5.84 Å². The average Bonchev–Trinajstić information content (AvgIpc) is 2.46. The van der Waals surface area contributed by atoms with Crippen molar-refractivity contribution in [2.45, 2.75) is 6.61 Å². The average molecular weight is 340 g/mol. The van der Waals surface area contributed by atoms with Gasteiger partial charge in [-0.25, -0.2) is 10.8 Å². The number of hydrogen-bond donors (Lipinski definition) is 2. The van der Waals surface area contributed by atoms with Crippen LogP contribution in [0.3, 0.4) is 0 Å². The molecule has 0 radical (unpaired) electrons. The Morgan fingerprint density at radius 3 is 2.70 bits per heavy atom. The van der Waals surface area contributed by atoms with Crippen LogP contribution in [-0.4, -0.2) is 14.9 Å². The van der Waals surface area contributed by atoms with Crippen LogP contribution in [-0.2, 0) is 6.61 Å². The number of anilines is 1. The van der Waals surface area contributed by atoms with E-state index in [1.807, 2.05) is 24.3 Å². The molecule has 0 aliphatic carbocycles. The maximum atomic E-state index is 10.9. The first-order valence-corrected chi connectivity index (χ1v) is 6.24. The van der Waals surface area contributed by atoms with Gasteiger partial charge in [-0.05, 0) is 17.7 Å². The maximum absolute atomic E-state index is 10.9. The smallest absolute Gasteiger partial charge is 0.349 e. The van der Waals surface area contributed by atoms with Crippen molar-refractivity contribution in [3.8, 4) is 5.88 Å². The van der Waals surface area contributed by atoms with E-state index in [0.29, 0.717) is 0 Å². The fourth-order valence-corrected chi connectivity index (χ4v) is 1.66. The minimum Gasteiger partial charge on any atom is -0.468 e. The van der Waals surface area contributed by atoms with Crippen molar-refractivity contribution < 1.29 is 9.66 Å². The number of rotatable bonds is 5. The zero-order valence-electron chi connectivity index (χ0n) is 10.1. The van der Waals surface area contributed by atoms with Gasteiger partial charge in [0, 0.05) is 4.47 Å². The van der Waals surface area contributed by atoms with E-state index in [1.165, 1.54) is 0 Å². The van der Waals surface area contributed by atoms with Gasteiger partial charge in [-0.3, -0.25) is 15.5 Å². The second-order valence-corrected chi connectivity index (χ2v) is 4.62. The Kier molecular flexibility index (Phi) is 4.43. The Bertz CT molecular complexity index is 620. The zero-order chi connectivity index (χ0) is 14.5. The number of nitrogens with one attached hydrogen (secondary N) is 1. The molecule has 8 nitrogen and oxygen atoms in total. The van der Waals surface area contributed by atoms with E-state index in [0.717, 1.165) is 16.2 Å². The van der Waals surface area contributed by atoms with Crippen LogP contribution in [0.15, 0.2) is 34.9 Å². The second kappa shape index (κ2) is 6.26. The zero-order valence-corrected chi connectivity index (χ0v) is 11.7. The molecule has 0 atom stereocenters. The van der Waals surface area contributed by atoms with Crippen LogP contribution in [0, 0.1) is 10.1 Å². The number of nitro groups is 1. The molecule has 0 aliphatic heterocycles. The highest BCUT2D eigenvalue weighted by Gasteiger charge is 2.18. The number of nitrogens with two attached hydrogens (primary N) is 1. The Hall–Kier alpha value is -2.26. The number of aromatic nitrogens is 2. The summed E-state index contributed by atoms with van der Waals surface area (Å²) in [7, 11) is 0. The van der Waals surface area contributed by atoms with Crippen LogP contribution in [0.4, 0.5) is 11.6 Å². The van der Waals surface area contributed by atoms with Gasteiger partial charge in [0.15, 0.2) is 0 Å². The van der Waals surface area contributed by atoms with Crippen LogP contribution in [0.1, 0.15) is 5.56 Å². The molecule has 0 bridgehead atoms. The molecule has 2 rings (SSSR count). The Labute approximate surface area is 122 Å². The van der Waals surface area contributed by atoms with E-state index < -0.39 is 4.92 Å². The lowest BCUT2D eigenvalue weighted by atomic mass is 10.2. The van der Waals surface area contributed by atoms with Gasteiger partial charge in [0.1, 0.15) is 12.8 Å². The Morgan fingerprint density at radius 1 is 1.40 bits per heavy atom. The van der Waals surface area contributed by atoms with Crippen molar-refractivity contribution in [3.63, 3.8) is 0 Å². The minimum atomic E-state index is -0.614. The monoisotopic (exact) mass is 339 g/mol. The number of hydrazine groups is 1. The first kappa shape index (κ1) is 14.2. The SMILES string of the molecule is NNc1ncc([N+](=O)[O-])c(OCc2ccc(Br)cc2)n1. The molecule has 0 amide bonds. The summed E-state index contributed by atoms with van der Waals surface area (Å²) >= 11 is 3.32. The fraction of sp³-hybridized carbons (Fsp3) is 0.0909. The van der Waals surface area contributed by atoms with Crippen molar-refractivity contribution in [3.05, 3.63) is 50.6 Å². The third-order valence-electron chi connectivity index (χ3n) is 2.35. The summed E-state index contributed by atoms with van der Waals surface area (Å²) in [6.07, 6.45) is 1.04. The number of hydrogen-bond acceptors (Lipinski definition) is 7. The van der Waals surface area contributed by atoms with Gasteiger partial charge < -0.3 is 4.74 Å². The molecule has 0 unspecified atom stereocenters. The summed E-state index contributed by atoms with van der Waals surface area (Å²) in [6, 6.07) is 7.36. The van der Waals surface area contributed by atoms with Gasteiger partial charge in [-0.15, -0.1) is 0 Å². The Morgan fingerprint density at radius 2 is 2.10 bits per heavy atom. The highest BCUT2D eigenvalue weighted by Crippen LogP contribution is 2.25. The molecular formula is C11H10BrN5O3. The molecule has 2 aromatic rings. The molecule has 0 spiro atoms. The molecule has 0 saturated carbocycles. The quantitative estimate of drug-likeness (QED) is 0.486. The number of ether oxygens (including phenoxy) is 1. The molecule has 1 heterocycles. The van der Waals surface area contributed by atoms with Crippen molar-refractivity contribution in [1.82, 2.24) is 9.97 Å². The van der Waals surface area contributed by atoms with E-state index >= 15 is 0 Å². The number of nitrogens with zero attached hydrogens (tertiary/aromatic N) is 3. The highest BCUT2D eigenvalue weighted by molar-refractivity contribution is 9.10. The lowest BCUT2D eigenvalue weighted by Gasteiger charge is -2.07. The standard InChI is InChI=1S/C11H10BrN5O3/c12-8-3-1-7(2-4-8)6-20-10-9(17(18)19)5-14-11(15-10)16-13/h1-5H,6,13H2,(H,14,15,16). The summed E-state index contributed by atoms with van der Waals surface area (Å²) in [6.45, 7) is 0.148.